The number of hydrogen-bond acceptors (Lipinski definition) is 3. The summed E-state index contributed by atoms with van der Waals surface area (Å²) in [6, 6.07) is 13.4. The topological polar surface area (TPSA) is 67.4 Å². The molecule has 0 saturated heterocycles. The summed E-state index contributed by atoms with van der Waals surface area (Å²) in [7, 11) is 1.60. The first-order chi connectivity index (χ1) is 11.5. The van der Waals surface area contributed by atoms with E-state index in [0.717, 1.165) is 11.3 Å². The van der Waals surface area contributed by atoms with Gasteiger partial charge in [-0.05, 0) is 36.8 Å². The molecule has 0 saturated carbocycles. The van der Waals surface area contributed by atoms with Crippen LogP contribution in [0.25, 0.3) is 0 Å². The first-order valence-electron chi connectivity index (χ1n) is 7.47. The van der Waals surface area contributed by atoms with E-state index in [4.69, 9.17) is 16.3 Å². The zero-order chi connectivity index (χ0) is 17.5. The number of nitrogens with one attached hydrogen (secondary N) is 2. The molecule has 2 rings (SSSR count). The summed E-state index contributed by atoms with van der Waals surface area (Å²) in [5.74, 6) is 0.101. The number of carbonyl (C=O) groups is 2. The monoisotopic (exact) mass is 346 g/mol. The van der Waals surface area contributed by atoms with Crippen molar-refractivity contribution < 1.29 is 14.3 Å². The van der Waals surface area contributed by atoms with Gasteiger partial charge in [0.1, 0.15) is 11.8 Å². The van der Waals surface area contributed by atoms with Gasteiger partial charge < -0.3 is 15.4 Å². The highest BCUT2D eigenvalue weighted by Crippen LogP contribution is 2.14. The van der Waals surface area contributed by atoms with Crippen LogP contribution in [0.5, 0.6) is 5.75 Å². The van der Waals surface area contributed by atoms with Crippen LogP contribution in [0.4, 0.5) is 0 Å². The summed E-state index contributed by atoms with van der Waals surface area (Å²) in [5, 5.41) is 5.76. The summed E-state index contributed by atoms with van der Waals surface area (Å²) in [6.07, 6.45) is 0. The van der Waals surface area contributed by atoms with Crippen LogP contribution in [0, 0.1) is 0 Å². The van der Waals surface area contributed by atoms with Crippen molar-refractivity contribution >= 4 is 23.4 Å². The van der Waals surface area contributed by atoms with Gasteiger partial charge in [-0.2, -0.15) is 0 Å². The third-order valence-corrected chi connectivity index (χ3v) is 3.81. The third-order valence-electron chi connectivity index (χ3n) is 3.49. The molecule has 2 amide bonds. The Balaban J connectivity index is 1.87. The van der Waals surface area contributed by atoms with Gasteiger partial charge in [-0.1, -0.05) is 35.9 Å². The second-order valence-electron chi connectivity index (χ2n) is 5.24. The molecular weight excluding hydrogens is 328 g/mol. The fraction of sp³-hybridized carbons (Fsp3) is 0.222. The molecule has 2 aromatic rings. The minimum Gasteiger partial charge on any atom is -0.497 e. The van der Waals surface area contributed by atoms with E-state index in [0.29, 0.717) is 17.1 Å². The van der Waals surface area contributed by atoms with Gasteiger partial charge in [0.2, 0.25) is 5.91 Å². The molecule has 0 unspecified atom stereocenters. The van der Waals surface area contributed by atoms with Crippen LogP contribution in [0.3, 0.4) is 0 Å². The van der Waals surface area contributed by atoms with Crippen molar-refractivity contribution in [2.24, 2.45) is 0 Å². The molecular formula is C18H19ClN2O3. The minimum absolute atomic E-state index is 0.272. The summed E-state index contributed by atoms with van der Waals surface area (Å²) >= 11 is 5.98. The number of benzene rings is 2. The normalized spacial score (nSPS) is 11.5. The predicted molar refractivity (Wildman–Crippen MR) is 93.2 cm³/mol. The van der Waals surface area contributed by atoms with Crippen molar-refractivity contribution in [1.29, 1.82) is 0 Å². The Morgan fingerprint density at radius 1 is 1.12 bits per heavy atom. The third kappa shape index (κ3) is 4.73. The maximum Gasteiger partial charge on any atom is 0.253 e. The number of carbonyl (C=O) groups excluding carboxylic acids is 2. The van der Waals surface area contributed by atoms with E-state index in [9.17, 15) is 9.59 Å². The van der Waals surface area contributed by atoms with Crippen LogP contribution in [-0.4, -0.2) is 25.0 Å². The summed E-state index contributed by atoms with van der Waals surface area (Å²) in [4.78, 5) is 24.2. The van der Waals surface area contributed by atoms with Gasteiger partial charge in [0.15, 0.2) is 0 Å². The van der Waals surface area contributed by atoms with E-state index in [1.54, 1.807) is 38.3 Å². The van der Waals surface area contributed by atoms with Gasteiger partial charge in [-0.3, -0.25) is 9.59 Å². The summed E-state index contributed by atoms with van der Waals surface area (Å²) in [6.45, 7) is 1.99. The smallest absolute Gasteiger partial charge is 0.253 e. The highest BCUT2D eigenvalue weighted by Gasteiger charge is 2.17. The lowest BCUT2D eigenvalue weighted by molar-refractivity contribution is -0.122. The fourth-order valence-electron chi connectivity index (χ4n) is 2.07. The van der Waals surface area contributed by atoms with E-state index >= 15 is 0 Å². The first kappa shape index (κ1) is 17.8. The second kappa shape index (κ2) is 8.36. The zero-order valence-corrected chi connectivity index (χ0v) is 14.3. The average molecular weight is 347 g/mol. The highest BCUT2D eigenvalue weighted by atomic mass is 35.5. The molecule has 0 spiro atoms. The number of methoxy groups -OCH3 is 1. The molecule has 126 valence electrons. The largest absolute Gasteiger partial charge is 0.497 e. The molecule has 0 heterocycles. The van der Waals surface area contributed by atoms with Gasteiger partial charge in [0.25, 0.3) is 5.91 Å². The van der Waals surface area contributed by atoms with Crippen molar-refractivity contribution in [3.63, 3.8) is 0 Å². The Labute approximate surface area is 146 Å². The Morgan fingerprint density at radius 3 is 2.42 bits per heavy atom. The number of hydrogen-bond donors (Lipinski definition) is 2. The van der Waals surface area contributed by atoms with Crippen molar-refractivity contribution in [2.75, 3.05) is 7.11 Å². The van der Waals surface area contributed by atoms with E-state index in [2.05, 4.69) is 10.6 Å². The van der Waals surface area contributed by atoms with Gasteiger partial charge in [-0.25, -0.2) is 0 Å². The van der Waals surface area contributed by atoms with Crippen molar-refractivity contribution in [3.05, 3.63) is 64.7 Å². The quantitative estimate of drug-likeness (QED) is 0.845. The van der Waals surface area contributed by atoms with Crippen LogP contribution in [0.1, 0.15) is 22.8 Å². The molecule has 5 nitrogen and oxygen atoms in total. The molecule has 2 N–H and O–H groups in total. The zero-order valence-electron chi connectivity index (χ0n) is 13.5. The SMILES string of the molecule is COc1ccc(CNC(=O)[C@H](C)NC(=O)c2ccccc2Cl)cc1. The summed E-state index contributed by atoms with van der Waals surface area (Å²) in [5.41, 5.74) is 1.28. The van der Waals surface area contributed by atoms with Gasteiger partial charge in [-0.15, -0.1) is 0 Å². The van der Waals surface area contributed by atoms with Gasteiger partial charge in [0, 0.05) is 6.54 Å². The molecule has 6 heteroatoms. The lowest BCUT2D eigenvalue weighted by Gasteiger charge is -2.15. The van der Waals surface area contributed by atoms with Crippen LogP contribution < -0.4 is 15.4 Å². The van der Waals surface area contributed by atoms with Crippen molar-refractivity contribution in [3.8, 4) is 5.75 Å². The molecule has 24 heavy (non-hydrogen) atoms. The lowest BCUT2D eigenvalue weighted by Crippen LogP contribution is -2.44. The van der Waals surface area contributed by atoms with Crippen molar-refractivity contribution in [1.82, 2.24) is 10.6 Å². The number of rotatable bonds is 6. The molecule has 0 fully saturated rings. The van der Waals surface area contributed by atoms with Crippen LogP contribution in [-0.2, 0) is 11.3 Å². The van der Waals surface area contributed by atoms with E-state index in [1.165, 1.54) is 0 Å². The Hall–Kier alpha value is -2.53. The molecule has 0 bridgehead atoms. The van der Waals surface area contributed by atoms with Crippen LogP contribution in [0.15, 0.2) is 48.5 Å². The Morgan fingerprint density at radius 2 is 1.79 bits per heavy atom. The van der Waals surface area contributed by atoms with Crippen molar-refractivity contribution in [2.45, 2.75) is 19.5 Å². The molecule has 0 aliphatic rings. The molecule has 0 aromatic heterocycles. The number of ether oxygens (including phenoxy) is 1. The number of halogens is 1. The summed E-state index contributed by atoms with van der Waals surface area (Å²) < 4.78 is 5.08. The molecule has 1 atom stereocenters. The van der Waals surface area contributed by atoms with Crippen LogP contribution in [0.2, 0.25) is 5.02 Å². The van der Waals surface area contributed by atoms with Gasteiger partial charge >= 0.3 is 0 Å². The van der Waals surface area contributed by atoms with E-state index < -0.39 is 6.04 Å². The van der Waals surface area contributed by atoms with Gasteiger partial charge in [0.05, 0.1) is 17.7 Å². The lowest BCUT2D eigenvalue weighted by atomic mass is 10.2. The van der Waals surface area contributed by atoms with E-state index in [1.807, 2.05) is 24.3 Å². The predicted octanol–water partition coefficient (Wildman–Crippen LogP) is 2.78. The standard InChI is InChI=1S/C18H19ClN2O3/c1-12(21-18(23)15-5-3-4-6-16(15)19)17(22)20-11-13-7-9-14(24-2)10-8-13/h3-10,12H,11H2,1-2H3,(H,20,22)(H,21,23)/t12-/m0/s1. The molecule has 2 aromatic carbocycles. The molecule has 0 radical (unpaired) electrons. The maximum absolute atomic E-state index is 12.1. The Kier molecular flexibility index (Phi) is 6.21. The number of amides is 2. The first-order valence-corrected chi connectivity index (χ1v) is 7.85. The minimum atomic E-state index is -0.674. The average Bonchev–Trinajstić information content (AvgIpc) is 2.60. The molecule has 0 aliphatic carbocycles. The maximum atomic E-state index is 12.1. The van der Waals surface area contributed by atoms with Crippen LogP contribution >= 0.6 is 11.6 Å². The van der Waals surface area contributed by atoms with E-state index in [-0.39, 0.29) is 11.8 Å². The fourth-order valence-corrected chi connectivity index (χ4v) is 2.29. The second-order valence-corrected chi connectivity index (χ2v) is 5.65. The molecule has 0 aliphatic heterocycles. The highest BCUT2D eigenvalue weighted by molar-refractivity contribution is 6.33. The Bertz CT molecular complexity index is 716.